The molecule has 0 fully saturated rings. The summed E-state index contributed by atoms with van der Waals surface area (Å²) >= 11 is 5.16. The number of nitrogens with zero attached hydrogens (tertiary/aromatic N) is 3. The maximum Gasteiger partial charge on any atom is 0.175 e. The molecule has 1 N–H and O–H groups in total. The summed E-state index contributed by atoms with van der Waals surface area (Å²) in [7, 11) is 1.93. The van der Waals surface area contributed by atoms with Crippen molar-refractivity contribution in [2.75, 3.05) is 0 Å². The van der Waals surface area contributed by atoms with Crippen LogP contribution in [0.5, 0.6) is 0 Å². The molecule has 0 saturated heterocycles. The van der Waals surface area contributed by atoms with Gasteiger partial charge in [-0.1, -0.05) is 26.1 Å². The molecule has 16 heavy (non-hydrogen) atoms. The summed E-state index contributed by atoms with van der Waals surface area (Å²) in [4.78, 5) is 11.8. The predicted octanol–water partition coefficient (Wildman–Crippen LogP) is 2.66. The topological polar surface area (TPSA) is 46.5 Å². The lowest BCUT2D eigenvalue weighted by Crippen LogP contribution is -2.01. The van der Waals surface area contributed by atoms with E-state index < -0.39 is 0 Å². The fourth-order valence-corrected chi connectivity index (χ4v) is 1.71. The molecule has 84 valence electrons. The Labute approximate surface area is 99.4 Å². The van der Waals surface area contributed by atoms with Gasteiger partial charge in [0.25, 0.3) is 0 Å². The zero-order chi connectivity index (χ0) is 11.7. The average molecular weight is 234 g/mol. The maximum atomic E-state index is 5.16. The number of rotatable bonds is 2. The minimum absolute atomic E-state index is 0.392. The van der Waals surface area contributed by atoms with Gasteiger partial charge in [0.1, 0.15) is 4.64 Å². The number of hydrogen-bond donors (Lipinski definition) is 1. The Balaban J connectivity index is 2.58. The first-order valence-electron chi connectivity index (χ1n) is 5.17. The molecule has 0 spiro atoms. The Morgan fingerprint density at radius 1 is 1.44 bits per heavy atom. The lowest BCUT2D eigenvalue weighted by atomic mass is 10.1. The normalized spacial score (nSPS) is 11.0. The Kier molecular flexibility index (Phi) is 2.87. The summed E-state index contributed by atoms with van der Waals surface area (Å²) in [6, 6.07) is 1.90. The van der Waals surface area contributed by atoms with Gasteiger partial charge in [0.05, 0.1) is 0 Å². The number of H-pyrrole nitrogens is 1. The summed E-state index contributed by atoms with van der Waals surface area (Å²) in [6.45, 7) is 4.23. The van der Waals surface area contributed by atoms with E-state index in [2.05, 4.69) is 28.8 Å². The molecular weight excluding hydrogens is 220 g/mol. The van der Waals surface area contributed by atoms with Crippen LogP contribution in [0.4, 0.5) is 0 Å². The second kappa shape index (κ2) is 4.17. The monoisotopic (exact) mass is 234 g/mol. The zero-order valence-electron chi connectivity index (χ0n) is 9.56. The second-order valence-electron chi connectivity index (χ2n) is 4.04. The van der Waals surface area contributed by atoms with Crippen LogP contribution in [0.2, 0.25) is 0 Å². The highest BCUT2D eigenvalue weighted by Gasteiger charge is 2.08. The molecular formula is C11H14N4S. The Bertz CT molecular complexity index is 553. The van der Waals surface area contributed by atoms with Crippen LogP contribution in [0.3, 0.4) is 0 Å². The van der Waals surface area contributed by atoms with Gasteiger partial charge in [-0.05, 0) is 12.0 Å². The van der Waals surface area contributed by atoms with E-state index in [0.717, 1.165) is 17.3 Å². The van der Waals surface area contributed by atoms with E-state index in [0.29, 0.717) is 10.6 Å². The molecule has 2 heterocycles. The molecule has 2 rings (SSSR count). The van der Waals surface area contributed by atoms with E-state index in [1.165, 1.54) is 0 Å². The highest BCUT2D eigenvalue weighted by molar-refractivity contribution is 7.71. The van der Waals surface area contributed by atoms with Crippen molar-refractivity contribution in [1.82, 2.24) is 19.5 Å². The first kappa shape index (κ1) is 11.0. The number of aromatic nitrogens is 4. The van der Waals surface area contributed by atoms with Gasteiger partial charge in [-0.2, -0.15) is 0 Å². The third-order valence-corrected chi connectivity index (χ3v) is 2.63. The fraction of sp³-hybridized carbons (Fsp3) is 0.364. The maximum absolute atomic E-state index is 5.16. The number of imidazole rings is 1. The molecule has 5 heteroatoms. The second-order valence-corrected chi connectivity index (χ2v) is 4.46. The van der Waals surface area contributed by atoms with Gasteiger partial charge in [0.2, 0.25) is 0 Å². The van der Waals surface area contributed by atoms with E-state index >= 15 is 0 Å². The molecule has 0 aliphatic heterocycles. The molecule has 4 nitrogen and oxygen atoms in total. The lowest BCUT2D eigenvalue weighted by Gasteiger charge is -2.08. The molecule has 0 radical (unpaired) electrons. The molecule has 0 aliphatic carbocycles. The van der Waals surface area contributed by atoms with E-state index in [1.807, 2.05) is 23.9 Å². The lowest BCUT2D eigenvalue weighted by molar-refractivity contribution is 0.807. The molecule has 0 bridgehead atoms. The fourth-order valence-electron chi connectivity index (χ4n) is 1.49. The number of aryl methyl sites for hydroxylation is 1. The van der Waals surface area contributed by atoms with Crippen LogP contribution >= 0.6 is 12.2 Å². The van der Waals surface area contributed by atoms with Crippen molar-refractivity contribution in [1.29, 1.82) is 0 Å². The van der Waals surface area contributed by atoms with E-state index in [4.69, 9.17) is 12.2 Å². The van der Waals surface area contributed by atoms with Crippen molar-refractivity contribution < 1.29 is 0 Å². The zero-order valence-corrected chi connectivity index (χ0v) is 10.4. The summed E-state index contributed by atoms with van der Waals surface area (Å²) in [6.07, 6.45) is 3.63. The van der Waals surface area contributed by atoms with Gasteiger partial charge in [-0.25, -0.2) is 9.97 Å². The van der Waals surface area contributed by atoms with E-state index in [-0.39, 0.29) is 0 Å². The summed E-state index contributed by atoms with van der Waals surface area (Å²) in [5.41, 5.74) is 1.08. The molecule has 2 aromatic rings. The molecule has 2 aromatic heterocycles. The molecule has 0 amide bonds. The van der Waals surface area contributed by atoms with Gasteiger partial charge in [-0.3, -0.25) is 0 Å². The highest BCUT2D eigenvalue weighted by Crippen LogP contribution is 2.16. The Hall–Kier alpha value is -1.49. The smallest absolute Gasteiger partial charge is 0.175 e. The van der Waals surface area contributed by atoms with E-state index in [1.54, 1.807) is 6.20 Å². The number of nitrogens with one attached hydrogen (secondary N) is 1. The molecule has 0 atom stereocenters. The standard InChI is InChI=1S/C11H14N4S/c1-7(2)8-6-9(16)14-10(13-8)11-12-4-5-15(11)3/h4-7H,1-3H3,(H,13,14,16). The van der Waals surface area contributed by atoms with Crippen LogP contribution in [-0.4, -0.2) is 19.5 Å². The first-order chi connectivity index (χ1) is 7.58. The summed E-state index contributed by atoms with van der Waals surface area (Å²) in [5.74, 6) is 1.92. The third-order valence-electron chi connectivity index (χ3n) is 2.42. The molecule has 0 aromatic carbocycles. The Morgan fingerprint density at radius 3 is 2.75 bits per heavy atom. The van der Waals surface area contributed by atoms with Crippen molar-refractivity contribution in [3.8, 4) is 11.6 Å². The third kappa shape index (κ3) is 2.04. The number of hydrogen-bond acceptors (Lipinski definition) is 3. The average Bonchev–Trinajstić information content (AvgIpc) is 2.63. The highest BCUT2D eigenvalue weighted by atomic mass is 32.1. The van der Waals surface area contributed by atoms with Crippen LogP contribution in [0.25, 0.3) is 11.6 Å². The minimum atomic E-state index is 0.392. The summed E-state index contributed by atoms with van der Waals surface area (Å²) in [5, 5.41) is 0. The van der Waals surface area contributed by atoms with Crippen LogP contribution in [0.15, 0.2) is 18.5 Å². The molecule has 0 saturated carbocycles. The van der Waals surface area contributed by atoms with Crippen molar-refractivity contribution in [2.45, 2.75) is 19.8 Å². The van der Waals surface area contributed by atoms with Gasteiger partial charge >= 0.3 is 0 Å². The van der Waals surface area contributed by atoms with Gasteiger partial charge in [0.15, 0.2) is 11.6 Å². The van der Waals surface area contributed by atoms with Crippen LogP contribution in [-0.2, 0) is 7.05 Å². The first-order valence-corrected chi connectivity index (χ1v) is 5.57. The van der Waals surface area contributed by atoms with Gasteiger partial charge < -0.3 is 9.55 Å². The largest absolute Gasteiger partial charge is 0.340 e. The number of aromatic amines is 1. The van der Waals surface area contributed by atoms with Crippen LogP contribution in [0.1, 0.15) is 25.5 Å². The van der Waals surface area contributed by atoms with Gasteiger partial charge in [-0.15, -0.1) is 0 Å². The van der Waals surface area contributed by atoms with E-state index in [9.17, 15) is 0 Å². The minimum Gasteiger partial charge on any atom is -0.340 e. The molecule has 0 aliphatic rings. The summed E-state index contributed by atoms with van der Waals surface area (Å²) < 4.78 is 2.51. The van der Waals surface area contributed by atoms with Gasteiger partial charge in [0, 0.05) is 25.1 Å². The predicted molar refractivity (Wildman–Crippen MR) is 65.7 cm³/mol. The SMILES string of the molecule is CC(C)c1cc(=S)nc(-c2nccn2C)[nH]1. The van der Waals surface area contributed by atoms with Crippen molar-refractivity contribution in [3.63, 3.8) is 0 Å². The quantitative estimate of drug-likeness (QED) is 0.813. The molecule has 0 unspecified atom stereocenters. The van der Waals surface area contributed by atoms with Crippen LogP contribution in [0, 0.1) is 4.64 Å². The van der Waals surface area contributed by atoms with Crippen molar-refractivity contribution >= 4 is 12.2 Å². The Morgan fingerprint density at radius 2 is 2.19 bits per heavy atom. The van der Waals surface area contributed by atoms with Crippen LogP contribution < -0.4 is 0 Å². The van der Waals surface area contributed by atoms with Crippen molar-refractivity contribution in [2.24, 2.45) is 7.05 Å². The van der Waals surface area contributed by atoms with Crippen molar-refractivity contribution in [3.05, 3.63) is 28.8 Å².